The maximum absolute atomic E-state index is 4.69. The third-order valence-corrected chi connectivity index (χ3v) is 31.2. The summed E-state index contributed by atoms with van der Waals surface area (Å²) in [5.74, 6) is 13.6. The van der Waals surface area contributed by atoms with E-state index in [9.17, 15) is 0 Å². The molecule has 378 valence electrons. The van der Waals surface area contributed by atoms with Crippen LogP contribution in [0.4, 0.5) is 0 Å². The van der Waals surface area contributed by atoms with Crippen molar-refractivity contribution in [2.45, 2.75) is 210 Å². The molecule has 0 aliphatic heterocycles. The fourth-order valence-electron chi connectivity index (χ4n) is 22.0. The SMILES string of the molecule is C.CCN(CC)CCNCCP(C12CC3CC(CC(C3)C1)C2)C12CC3CC(CC(C3)C1)C2.CCN(CC)CCNCC[PH+](C12CC3CC(CC(C3)C1)C2)C12CC3CC(CC(C3)C1)C2.[Cl][IrH2]. The summed E-state index contributed by atoms with van der Waals surface area (Å²) in [7, 11) is 4.55. The summed E-state index contributed by atoms with van der Waals surface area (Å²) < 4.78 is 0. The van der Waals surface area contributed by atoms with Gasteiger partial charge in [0.25, 0.3) is 0 Å². The van der Waals surface area contributed by atoms with Gasteiger partial charge < -0.3 is 20.4 Å². The monoisotopic (exact) mass is 1140 g/mol. The summed E-state index contributed by atoms with van der Waals surface area (Å²) in [6, 6.07) is 0. The summed E-state index contributed by atoms with van der Waals surface area (Å²) in [6.45, 7) is 21.6. The van der Waals surface area contributed by atoms with E-state index in [1.54, 1.807) is 166 Å². The Kier molecular flexibility index (Phi) is 17.4. The Hall–Kier alpha value is 1.64. The molecule has 16 aliphatic rings. The van der Waals surface area contributed by atoms with E-state index in [4.69, 9.17) is 9.58 Å². The molecule has 0 radical (unpaired) electrons. The predicted molar refractivity (Wildman–Crippen MR) is 285 cm³/mol. The molecule has 0 amide bonds. The average molecular weight is 1140 g/mol. The van der Waals surface area contributed by atoms with Crippen molar-refractivity contribution in [2.24, 2.45) is 71.0 Å². The second-order valence-electron chi connectivity index (χ2n) is 26.6. The predicted octanol–water partition coefficient (Wildman–Crippen LogP) is 13.2. The Morgan fingerprint density at radius 3 is 0.969 bits per heavy atom. The van der Waals surface area contributed by atoms with Crippen LogP contribution < -0.4 is 10.6 Å². The summed E-state index contributed by atoms with van der Waals surface area (Å²) in [4.78, 5) is 5.16. The normalized spacial score (nSPS) is 46.0. The van der Waals surface area contributed by atoms with E-state index in [0.29, 0.717) is 0 Å². The van der Waals surface area contributed by atoms with E-state index in [1.807, 2.05) is 0 Å². The minimum absolute atomic E-state index is 0. The van der Waals surface area contributed by atoms with Crippen molar-refractivity contribution >= 4 is 25.4 Å². The van der Waals surface area contributed by atoms with Crippen LogP contribution in [0.15, 0.2) is 0 Å². The van der Waals surface area contributed by atoms with Gasteiger partial charge in [0.1, 0.15) is 0 Å². The molecule has 0 aromatic heterocycles. The van der Waals surface area contributed by atoms with Gasteiger partial charge in [-0.1, -0.05) is 43.0 Å². The van der Waals surface area contributed by atoms with Crippen LogP contribution in [0.25, 0.3) is 0 Å². The molecule has 4 nitrogen and oxygen atoms in total. The fourth-order valence-corrected chi connectivity index (χ4v) is 33.1. The molecule has 8 heteroatoms. The molecular weight excluding hydrogens is 1030 g/mol. The number of hydrogen-bond donors (Lipinski definition) is 2. The van der Waals surface area contributed by atoms with Gasteiger partial charge in [0.2, 0.25) is 0 Å². The zero-order chi connectivity index (χ0) is 44.1. The molecule has 16 saturated carbocycles. The van der Waals surface area contributed by atoms with Crippen LogP contribution in [-0.4, -0.2) is 108 Å². The fraction of sp³-hybridized carbons (Fsp3) is 1.00. The van der Waals surface area contributed by atoms with E-state index in [1.165, 1.54) is 83.3 Å². The molecule has 0 unspecified atom stereocenters. The van der Waals surface area contributed by atoms with Crippen molar-refractivity contribution in [1.82, 2.24) is 20.4 Å². The number of nitrogens with one attached hydrogen (secondary N) is 2. The summed E-state index contributed by atoms with van der Waals surface area (Å²) >= 11 is 1.19. The number of halogens is 1. The van der Waals surface area contributed by atoms with Gasteiger partial charge in [-0.05, 0) is 274 Å². The van der Waals surface area contributed by atoms with E-state index in [0.717, 1.165) is 91.6 Å². The van der Waals surface area contributed by atoms with Crippen molar-refractivity contribution in [1.29, 1.82) is 0 Å². The van der Waals surface area contributed by atoms with Crippen LogP contribution in [-0.2, 0) is 17.9 Å². The maximum atomic E-state index is 4.69. The van der Waals surface area contributed by atoms with Gasteiger partial charge in [0.15, 0.2) is 0 Å². The first-order valence-corrected chi connectivity index (χ1v) is 35.4. The van der Waals surface area contributed by atoms with Gasteiger partial charge >= 0.3 is 27.5 Å². The van der Waals surface area contributed by atoms with E-state index < -0.39 is 0 Å². The van der Waals surface area contributed by atoms with Crippen LogP contribution in [0.1, 0.15) is 189 Å². The number of hydrogen-bond acceptors (Lipinski definition) is 4. The van der Waals surface area contributed by atoms with Crippen molar-refractivity contribution in [3.63, 3.8) is 0 Å². The molecule has 0 heterocycles. The molecule has 2 N–H and O–H groups in total. The molecule has 16 rings (SSSR count). The summed E-state index contributed by atoms with van der Waals surface area (Å²) in [6.07, 6.45) is 42.6. The Labute approximate surface area is 419 Å². The quantitative estimate of drug-likeness (QED) is 0.0940. The number of rotatable bonds is 20. The third kappa shape index (κ3) is 10.7. The molecule has 0 atom stereocenters. The first-order valence-electron chi connectivity index (χ1n) is 28.8. The van der Waals surface area contributed by atoms with E-state index in [2.05, 4.69) is 48.1 Å². The van der Waals surface area contributed by atoms with Crippen LogP contribution in [0.3, 0.4) is 0 Å². The topological polar surface area (TPSA) is 30.5 Å². The molecule has 0 aromatic carbocycles. The minimum atomic E-state index is -0.320. The summed E-state index contributed by atoms with van der Waals surface area (Å²) in [5, 5.41) is 11.3. The molecule has 16 aliphatic carbocycles. The third-order valence-electron chi connectivity index (χ3n) is 22.6. The number of likely N-dealkylation sites (N-methyl/N-ethyl adjacent to an activating group) is 2. The zero-order valence-electron chi connectivity index (χ0n) is 42.0. The van der Waals surface area contributed by atoms with Gasteiger partial charge in [-0.15, -0.1) is 0 Å². The molecule has 16 bridgehead atoms. The first kappa shape index (κ1) is 51.5. The first-order chi connectivity index (χ1) is 31.2. The Balaban J connectivity index is 0.000000156. The second-order valence-corrected chi connectivity index (χ2v) is 33.4. The van der Waals surface area contributed by atoms with Crippen molar-refractivity contribution in [3.05, 3.63) is 0 Å². The molecule has 0 spiro atoms. The van der Waals surface area contributed by atoms with E-state index >= 15 is 0 Å². The molecular formula is C57H105ClIrN4P2+. The Morgan fingerprint density at radius 1 is 0.431 bits per heavy atom. The Bertz CT molecular complexity index is 1180. The van der Waals surface area contributed by atoms with Crippen molar-refractivity contribution in [3.8, 4) is 0 Å². The molecule has 0 saturated heterocycles. The zero-order valence-corrected chi connectivity index (χ0v) is 47.3. The Morgan fingerprint density at radius 2 is 0.692 bits per heavy atom. The second kappa shape index (κ2) is 22.0. The van der Waals surface area contributed by atoms with Gasteiger partial charge in [0, 0.05) is 40.6 Å². The van der Waals surface area contributed by atoms with Crippen LogP contribution in [0.5, 0.6) is 0 Å². The van der Waals surface area contributed by atoms with Gasteiger partial charge in [0.05, 0.1) is 16.5 Å². The van der Waals surface area contributed by atoms with Crippen molar-refractivity contribution < 1.29 is 17.9 Å². The van der Waals surface area contributed by atoms with Crippen LogP contribution >= 0.6 is 25.4 Å². The summed E-state index contributed by atoms with van der Waals surface area (Å²) in [5.41, 5.74) is 0. The number of nitrogens with zero attached hydrogens (tertiary/aromatic N) is 2. The van der Waals surface area contributed by atoms with Gasteiger partial charge in [-0.2, -0.15) is 0 Å². The average Bonchev–Trinajstić information content (AvgIpc) is 3.25. The van der Waals surface area contributed by atoms with Gasteiger partial charge in [-0.3, -0.25) is 0 Å². The molecule has 65 heavy (non-hydrogen) atoms. The van der Waals surface area contributed by atoms with Crippen LogP contribution in [0, 0.1) is 71.0 Å². The van der Waals surface area contributed by atoms with E-state index in [-0.39, 0.29) is 23.3 Å². The van der Waals surface area contributed by atoms with Crippen molar-refractivity contribution in [2.75, 3.05) is 77.8 Å². The van der Waals surface area contributed by atoms with Crippen LogP contribution in [0.2, 0.25) is 0 Å². The standard InChI is InChI=1S/2C28H49N2P.CH4.ClH.Ir.2H/c2*1-3-30(4-2)7-5-29-6-8-31(27-15-21-9-22(16-27)11-23(10-21)17-27)28-18-24-12-25(19-28)14-26(13-24)20-28;;;;;/h2*21-26,29H,3-20H2,1-2H3;1H4;1H;;;/q;;;;+1;;. The molecule has 16 fully saturated rings. The van der Waals surface area contributed by atoms with Gasteiger partial charge in [-0.25, -0.2) is 0 Å². The molecule has 0 aromatic rings.